The van der Waals surface area contributed by atoms with Crippen LogP contribution >= 0.6 is 11.5 Å². The molecule has 5 rings (SSSR count). The van der Waals surface area contributed by atoms with Crippen LogP contribution in [0.1, 0.15) is 23.7 Å². The lowest BCUT2D eigenvalue weighted by Gasteiger charge is -2.12. The van der Waals surface area contributed by atoms with Crippen LogP contribution in [0.3, 0.4) is 0 Å². The Morgan fingerprint density at radius 2 is 2.15 bits per heavy atom. The first kappa shape index (κ1) is 21.9. The maximum absolute atomic E-state index is 11.8. The Morgan fingerprint density at radius 1 is 1.30 bits per heavy atom. The minimum atomic E-state index is -3.18. The molecule has 1 fully saturated rings. The molecule has 174 valence electrons. The van der Waals surface area contributed by atoms with Crippen LogP contribution in [0.2, 0.25) is 0 Å². The monoisotopic (exact) mass is 487 g/mol. The largest absolute Gasteiger partial charge is 0.330 e. The van der Waals surface area contributed by atoms with Gasteiger partial charge in [0.25, 0.3) is 0 Å². The molecule has 33 heavy (non-hydrogen) atoms. The lowest BCUT2D eigenvalue weighted by molar-refractivity contribution is 0.478. The number of nitrogens with one attached hydrogen (secondary N) is 1. The van der Waals surface area contributed by atoms with Crippen molar-refractivity contribution in [1.29, 1.82) is 0 Å². The maximum Gasteiger partial charge on any atom is 0.211 e. The molecule has 0 saturated carbocycles. The van der Waals surface area contributed by atoms with Gasteiger partial charge in [0.05, 0.1) is 35.7 Å². The zero-order valence-electron chi connectivity index (χ0n) is 18.3. The molecule has 0 aromatic carbocycles. The number of aromatic nitrogens is 6. The summed E-state index contributed by atoms with van der Waals surface area (Å²) in [6.07, 6.45) is 10.2. The predicted octanol–water partition coefficient (Wildman–Crippen LogP) is 1.58. The highest BCUT2D eigenvalue weighted by atomic mass is 32.2. The van der Waals surface area contributed by atoms with Gasteiger partial charge < -0.3 is 11.1 Å². The molecule has 1 atom stereocenters. The molecule has 0 spiro atoms. The van der Waals surface area contributed by atoms with Gasteiger partial charge in [-0.3, -0.25) is 9.08 Å². The third kappa shape index (κ3) is 4.36. The van der Waals surface area contributed by atoms with Crippen LogP contribution in [-0.4, -0.2) is 67.1 Å². The van der Waals surface area contributed by atoms with Gasteiger partial charge >= 0.3 is 0 Å². The third-order valence-corrected chi connectivity index (χ3v) is 7.74. The summed E-state index contributed by atoms with van der Waals surface area (Å²) >= 11 is 1.33. The van der Waals surface area contributed by atoms with Gasteiger partial charge in [0, 0.05) is 50.4 Å². The lowest BCUT2D eigenvalue weighted by atomic mass is 10.1. The van der Waals surface area contributed by atoms with Crippen LogP contribution in [0.5, 0.6) is 0 Å². The summed E-state index contributed by atoms with van der Waals surface area (Å²) < 4.78 is 33.5. The number of imidazole rings is 1. The van der Waals surface area contributed by atoms with Gasteiger partial charge in [-0.05, 0) is 30.6 Å². The first-order chi connectivity index (χ1) is 15.8. The van der Waals surface area contributed by atoms with Crippen molar-refractivity contribution >= 4 is 38.0 Å². The quantitative estimate of drug-likeness (QED) is 0.401. The molecule has 0 amide bonds. The third-order valence-electron chi connectivity index (χ3n) is 5.75. The van der Waals surface area contributed by atoms with Crippen LogP contribution < -0.4 is 11.1 Å². The topological polar surface area (TPSA) is 136 Å². The SMILES string of the molecule is Cn1cc(-c2cnc3c(Nc4cc(C5CCN(S(C)(=O)=O)C5)ns4)nc(CCN)cn23)cn1. The molecule has 1 aliphatic rings. The number of hydrogen-bond acceptors (Lipinski definition) is 9. The molecule has 0 bridgehead atoms. The van der Waals surface area contributed by atoms with Crippen molar-refractivity contribution in [3.63, 3.8) is 0 Å². The summed E-state index contributed by atoms with van der Waals surface area (Å²) in [5.41, 5.74) is 10.1. The van der Waals surface area contributed by atoms with E-state index in [0.717, 1.165) is 34.1 Å². The second-order valence-corrected chi connectivity index (χ2v) is 11.0. The van der Waals surface area contributed by atoms with Crippen molar-refractivity contribution in [3.05, 3.63) is 42.2 Å². The van der Waals surface area contributed by atoms with Crippen molar-refractivity contribution in [3.8, 4) is 11.3 Å². The second-order valence-electron chi connectivity index (χ2n) is 8.21. The van der Waals surface area contributed by atoms with E-state index < -0.39 is 10.0 Å². The summed E-state index contributed by atoms with van der Waals surface area (Å²) in [6, 6.07) is 1.97. The fourth-order valence-corrected chi connectivity index (χ4v) is 5.69. The molecule has 5 heterocycles. The molecular weight excluding hydrogens is 462 g/mol. The Labute approximate surface area is 195 Å². The summed E-state index contributed by atoms with van der Waals surface area (Å²) in [5, 5.41) is 8.46. The second kappa shape index (κ2) is 8.48. The molecule has 4 aromatic heterocycles. The van der Waals surface area contributed by atoms with E-state index >= 15 is 0 Å². The number of aryl methyl sites for hydroxylation is 1. The summed E-state index contributed by atoms with van der Waals surface area (Å²) in [4.78, 5) is 9.35. The molecule has 1 aliphatic heterocycles. The Bertz CT molecular complexity index is 1410. The van der Waals surface area contributed by atoms with E-state index in [1.54, 1.807) is 10.9 Å². The molecule has 3 N–H and O–H groups in total. The molecule has 0 radical (unpaired) electrons. The Morgan fingerprint density at radius 3 is 2.85 bits per heavy atom. The highest BCUT2D eigenvalue weighted by molar-refractivity contribution is 7.88. The van der Waals surface area contributed by atoms with Gasteiger partial charge in [-0.1, -0.05) is 0 Å². The molecule has 1 saturated heterocycles. The van der Waals surface area contributed by atoms with Gasteiger partial charge in [0.2, 0.25) is 10.0 Å². The van der Waals surface area contributed by atoms with E-state index in [1.807, 2.05) is 36.1 Å². The molecule has 0 aliphatic carbocycles. The maximum atomic E-state index is 11.8. The number of anilines is 2. The zero-order chi connectivity index (χ0) is 23.2. The van der Waals surface area contributed by atoms with Crippen LogP contribution in [0.15, 0.2) is 30.9 Å². The van der Waals surface area contributed by atoms with Gasteiger partial charge in [-0.15, -0.1) is 0 Å². The average Bonchev–Trinajstić information content (AvgIpc) is 3.53. The van der Waals surface area contributed by atoms with Crippen LogP contribution in [-0.2, 0) is 23.5 Å². The number of fused-ring (bicyclic) bond motifs is 1. The van der Waals surface area contributed by atoms with Gasteiger partial charge in [0.1, 0.15) is 5.00 Å². The van der Waals surface area contributed by atoms with E-state index in [-0.39, 0.29) is 5.92 Å². The van der Waals surface area contributed by atoms with Crippen molar-refractivity contribution in [2.45, 2.75) is 18.8 Å². The van der Waals surface area contributed by atoms with E-state index in [2.05, 4.69) is 19.8 Å². The van der Waals surface area contributed by atoms with Crippen LogP contribution in [0, 0.1) is 0 Å². The number of nitrogens with two attached hydrogens (primary N) is 1. The van der Waals surface area contributed by atoms with Crippen molar-refractivity contribution in [1.82, 2.24) is 32.8 Å². The fourth-order valence-electron chi connectivity index (χ4n) is 4.09. The Hall–Kier alpha value is -2.87. The molecule has 13 heteroatoms. The van der Waals surface area contributed by atoms with E-state index in [4.69, 9.17) is 10.7 Å². The average molecular weight is 488 g/mol. The molecule has 1 unspecified atom stereocenters. The van der Waals surface area contributed by atoms with Crippen molar-refractivity contribution in [2.75, 3.05) is 31.2 Å². The minimum absolute atomic E-state index is 0.0895. The smallest absolute Gasteiger partial charge is 0.211 e. The number of rotatable bonds is 7. The van der Waals surface area contributed by atoms with Crippen molar-refractivity contribution in [2.24, 2.45) is 12.8 Å². The number of hydrogen-bond donors (Lipinski definition) is 2. The predicted molar refractivity (Wildman–Crippen MR) is 127 cm³/mol. The fraction of sp³-hybridized carbons (Fsp3) is 0.400. The van der Waals surface area contributed by atoms with E-state index in [1.165, 1.54) is 22.1 Å². The first-order valence-corrected chi connectivity index (χ1v) is 13.2. The molecule has 11 nitrogen and oxygen atoms in total. The van der Waals surface area contributed by atoms with Gasteiger partial charge in [0.15, 0.2) is 11.5 Å². The number of nitrogens with zero attached hydrogens (tertiary/aromatic N) is 7. The molecular formula is C20H25N9O2S2. The normalized spacial score (nSPS) is 17.2. The summed E-state index contributed by atoms with van der Waals surface area (Å²) in [7, 11) is -1.31. The van der Waals surface area contributed by atoms with Gasteiger partial charge in [-0.25, -0.2) is 22.7 Å². The number of sulfonamides is 1. The highest BCUT2D eigenvalue weighted by Gasteiger charge is 2.31. The molecule has 4 aromatic rings. The zero-order valence-corrected chi connectivity index (χ0v) is 20.0. The van der Waals surface area contributed by atoms with Gasteiger partial charge in [-0.2, -0.15) is 9.47 Å². The first-order valence-electron chi connectivity index (χ1n) is 10.6. The standard InChI is InChI=1S/C20H25N9O2S2/c1-27-10-14(8-23-27)17-9-22-20-19(24-15(3-5-21)12-29(17)20)25-18-7-16(26-32-18)13-4-6-28(11-13)33(2,30)31/h7-10,12-13H,3-6,11,21H2,1-2H3,(H,24,25). The summed E-state index contributed by atoms with van der Waals surface area (Å²) in [5.74, 6) is 0.710. The van der Waals surface area contributed by atoms with Crippen LogP contribution in [0.4, 0.5) is 10.8 Å². The highest BCUT2D eigenvalue weighted by Crippen LogP contribution is 2.33. The minimum Gasteiger partial charge on any atom is -0.330 e. The summed E-state index contributed by atoms with van der Waals surface area (Å²) in [6.45, 7) is 1.47. The van der Waals surface area contributed by atoms with Crippen molar-refractivity contribution < 1.29 is 8.42 Å². The van der Waals surface area contributed by atoms with E-state index in [0.29, 0.717) is 37.5 Å². The van der Waals surface area contributed by atoms with Crippen LogP contribution in [0.25, 0.3) is 16.9 Å². The van der Waals surface area contributed by atoms with E-state index in [9.17, 15) is 8.42 Å². The Kier molecular flexibility index (Phi) is 5.64. The lowest BCUT2D eigenvalue weighted by Crippen LogP contribution is -2.27. The Balaban J connectivity index is 1.45.